The largest absolute Gasteiger partial charge is 0.376 e. The molecule has 1 atom stereocenters. The van der Waals surface area contributed by atoms with Gasteiger partial charge in [-0.2, -0.15) is 0 Å². The summed E-state index contributed by atoms with van der Waals surface area (Å²) in [6.45, 7) is 2.13. The summed E-state index contributed by atoms with van der Waals surface area (Å²) in [4.78, 5) is 12.6. The Morgan fingerprint density at radius 1 is 1.20 bits per heavy atom. The monoisotopic (exact) mass is 496 g/mol. The fraction of sp³-hybridized carbons (Fsp3) is 0.500. The van der Waals surface area contributed by atoms with Crippen LogP contribution >= 0.6 is 15.9 Å². The second-order valence-corrected chi connectivity index (χ2v) is 10.8. The molecule has 8 heteroatoms. The summed E-state index contributed by atoms with van der Waals surface area (Å²) in [5.41, 5.74) is 1.83. The highest BCUT2D eigenvalue weighted by atomic mass is 79.9. The van der Waals surface area contributed by atoms with E-state index in [1.165, 1.54) is 5.56 Å². The fourth-order valence-electron chi connectivity index (χ4n) is 3.99. The summed E-state index contributed by atoms with van der Waals surface area (Å²) in [5, 5.41) is 0. The standard InChI is InChI=1S/C22H29BrN2O4S/c1-16-12-19(23)14-25(22(16)26)20(13-24-30(2,27)28)15-29-21-10-8-18(9-11-21)17-6-4-3-5-7-17/h3-7,12,14,18,20-21,24H,8-11,13,15H2,1-2H3/t18-,20?,21+. The Kier molecular flexibility index (Phi) is 7.90. The third-order valence-corrected chi connectivity index (χ3v) is 6.76. The van der Waals surface area contributed by atoms with E-state index in [1.807, 2.05) is 6.07 Å². The first-order chi connectivity index (χ1) is 14.2. The zero-order chi connectivity index (χ0) is 21.7. The fourth-order valence-corrected chi connectivity index (χ4v) is 5.05. The molecule has 1 heterocycles. The van der Waals surface area contributed by atoms with Crippen molar-refractivity contribution in [3.8, 4) is 0 Å². The molecule has 0 saturated heterocycles. The summed E-state index contributed by atoms with van der Waals surface area (Å²) < 4.78 is 34.3. The maximum Gasteiger partial charge on any atom is 0.253 e. The summed E-state index contributed by atoms with van der Waals surface area (Å²) in [7, 11) is -3.37. The van der Waals surface area contributed by atoms with Crippen molar-refractivity contribution < 1.29 is 13.2 Å². The molecule has 1 aromatic heterocycles. The number of rotatable bonds is 8. The van der Waals surface area contributed by atoms with Crippen molar-refractivity contribution in [3.05, 3.63) is 68.5 Å². The second kappa shape index (κ2) is 10.2. The first-order valence-electron chi connectivity index (χ1n) is 10.2. The highest BCUT2D eigenvalue weighted by Crippen LogP contribution is 2.34. The van der Waals surface area contributed by atoms with Crippen LogP contribution in [-0.2, 0) is 14.8 Å². The van der Waals surface area contributed by atoms with Gasteiger partial charge in [-0.05, 0) is 66.1 Å². The minimum absolute atomic E-state index is 0.105. The van der Waals surface area contributed by atoms with E-state index in [0.29, 0.717) is 11.5 Å². The lowest BCUT2D eigenvalue weighted by Gasteiger charge is -2.30. The molecule has 1 aromatic carbocycles. The maximum atomic E-state index is 12.6. The molecule has 0 aliphatic heterocycles. The highest BCUT2D eigenvalue weighted by molar-refractivity contribution is 9.10. The van der Waals surface area contributed by atoms with Crippen LogP contribution in [0.15, 0.2) is 51.9 Å². The number of aromatic nitrogens is 1. The molecular formula is C22H29BrN2O4S. The quantitative estimate of drug-likeness (QED) is 0.603. The van der Waals surface area contributed by atoms with Gasteiger partial charge in [-0.25, -0.2) is 13.1 Å². The molecule has 0 bridgehead atoms. The Hall–Kier alpha value is -1.48. The number of hydrogen-bond donors (Lipinski definition) is 1. The van der Waals surface area contributed by atoms with E-state index in [4.69, 9.17) is 4.74 Å². The number of nitrogens with zero attached hydrogens (tertiary/aromatic N) is 1. The van der Waals surface area contributed by atoms with E-state index < -0.39 is 16.1 Å². The number of nitrogens with one attached hydrogen (secondary N) is 1. The van der Waals surface area contributed by atoms with E-state index >= 15 is 0 Å². The smallest absolute Gasteiger partial charge is 0.253 e. The van der Waals surface area contributed by atoms with Crippen LogP contribution in [0.1, 0.15) is 48.8 Å². The topological polar surface area (TPSA) is 77.4 Å². The van der Waals surface area contributed by atoms with E-state index in [9.17, 15) is 13.2 Å². The van der Waals surface area contributed by atoms with Crippen molar-refractivity contribution >= 4 is 26.0 Å². The molecule has 0 radical (unpaired) electrons. The molecule has 6 nitrogen and oxygen atoms in total. The van der Waals surface area contributed by atoms with Gasteiger partial charge in [0.05, 0.1) is 25.0 Å². The Balaban J connectivity index is 1.65. The minimum Gasteiger partial charge on any atom is -0.376 e. The summed E-state index contributed by atoms with van der Waals surface area (Å²) >= 11 is 3.42. The number of sulfonamides is 1. The van der Waals surface area contributed by atoms with Gasteiger partial charge >= 0.3 is 0 Å². The van der Waals surface area contributed by atoms with Gasteiger partial charge in [-0.1, -0.05) is 30.3 Å². The predicted molar refractivity (Wildman–Crippen MR) is 122 cm³/mol. The van der Waals surface area contributed by atoms with Crippen LogP contribution < -0.4 is 10.3 Å². The summed E-state index contributed by atoms with van der Waals surface area (Å²) in [5.74, 6) is 0.559. The molecule has 30 heavy (non-hydrogen) atoms. The van der Waals surface area contributed by atoms with Crippen molar-refractivity contribution in [2.75, 3.05) is 19.4 Å². The van der Waals surface area contributed by atoms with E-state index in [1.54, 1.807) is 23.8 Å². The third-order valence-electron chi connectivity index (χ3n) is 5.63. The van der Waals surface area contributed by atoms with Gasteiger partial charge in [-0.15, -0.1) is 0 Å². The zero-order valence-electron chi connectivity index (χ0n) is 17.4. The van der Waals surface area contributed by atoms with Gasteiger partial charge in [0.1, 0.15) is 0 Å². The molecule has 0 amide bonds. The highest BCUT2D eigenvalue weighted by Gasteiger charge is 2.24. The number of hydrogen-bond acceptors (Lipinski definition) is 4. The van der Waals surface area contributed by atoms with Crippen LogP contribution in [0, 0.1) is 6.92 Å². The van der Waals surface area contributed by atoms with Gasteiger partial charge in [0, 0.05) is 22.8 Å². The van der Waals surface area contributed by atoms with Gasteiger partial charge in [0.15, 0.2) is 0 Å². The second-order valence-electron chi connectivity index (χ2n) is 8.05. The molecule has 1 aliphatic rings. The SMILES string of the molecule is Cc1cc(Br)cn(C(CNS(C)(=O)=O)CO[C@H]2CC[C@@H](c3ccccc3)CC2)c1=O. The lowest BCUT2D eigenvalue weighted by molar-refractivity contribution is 0.00732. The van der Waals surface area contributed by atoms with Gasteiger partial charge in [0.2, 0.25) is 10.0 Å². The van der Waals surface area contributed by atoms with Crippen molar-refractivity contribution in [2.24, 2.45) is 0 Å². The lowest BCUT2D eigenvalue weighted by Crippen LogP contribution is -2.38. The van der Waals surface area contributed by atoms with Crippen LogP contribution in [0.25, 0.3) is 0 Å². The van der Waals surface area contributed by atoms with Gasteiger partial charge in [-0.3, -0.25) is 4.79 Å². The average molecular weight is 497 g/mol. The Morgan fingerprint density at radius 3 is 2.50 bits per heavy atom. The number of halogens is 1. The van der Waals surface area contributed by atoms with Gasteiger partial charge < -0.3 is 9.30 Å². The molecule has 3 rings (SSSR count). The number of aryl methyl sites for hydroxylation is 1. The Morgan fingerprint density at radius 2 is 1.87 bits per heavy atom. The number of ether oxygens (including phenoxy) is 1. The minimum atomic E-state index is -3.37. The van der Waals surface area contributed by atoms with Crippen LogP contribution in [0.4, 0.5) is 0 Å². The number of pyridine rings is 1. The van der Waals surface area contributed by atoms with Crippen molar-refractivity contribution in [3.63, 3.8) is 0 Å². The molecule has 1 N–H and O–H groups in total. The van der Waals surface area contributed by atoms with Crippen molar-refractivity contribution in [1.29, 1.82) is 0 Å². The maximum absolute atomic E-state index is 12.6. The van der Waals surface area contributed by atoms with Crippen LogP contribution in [0.3, 0.4) is 0 Å². The first-order valence-corrected chi connectivity index (χ1v) is 12.9. The zero-order valence-corrected chi connectivity index (χ0v) is 19.8. The molecular weight excluding hydrogens is 468 g/mol. The van der Waals surface area contributed by atoms with E-state index in [2.05, 4.69) is 44.9 Å². The van der Waals surface area contributed by atoms with Crippen molar-refractivity contribution in [1.82, 2.24) is 9.29 Å². The molecule has 0 spiro atoms. The average Bonchev–Trinajstić information content (AvgIpc) is 2.71. The molecule has 2 aromatic rings. The molecule has 1 unspecified atom stereocenters. The lowest BCUT2D eigenvalue weighted by atomic mass is 9.83. The first kappa shape index (κ1) is 23.2. The molecule has 1 fully saturated rings. The van der Waals surface area contributed by atoms with Crippen LogP contribution in [0.5, 0.6) is 0 Å². The molecule has 1 aliphatic carbocycles. The van der Waals surface area contributed by atoms with E-state index in [-0.39, 0.29) is 24.8 Å². The summed E-state index contributed by atoms with van der Waals surface area (Å²) in [6, 6.07) is 11.9. The molecule has 1 saturated carbocycles. The summed E-state index contributed by atoms with van der Waals surface area (Å²) in [6.07, 6.45) is 6.98. The normalized spacial score (nSPS) is 20.8. The van der Waals surface area contributed by atoms with Gasteiger partial charge in [0.25, 0.3) is 5.56 Å². The predicted octanol–water partition coefficient (Wildman–Crippen LogP) is 3.75. The third kappa shape index (κ3) is 6.51. The molecule has 164 valence electrons. The Bertz CT molecular complexity index is 1000. The number of benzene rings is 1. The van der Waals surface area contributed by atoms with Crippen LogP contribution in [-0.4, -0.2) is 38.5 Å². The van der Waals surface area contributed by atoms with Crippen molar-refractivity contribution in [2.45, 2.75) is 50.7 Å². The Labute approximate surface area is 186 Å². The van der Waals surface area contributed by atoms with E-state index in [0.717, 1.165) is 36.4 Å². The van der Waals surface area contributed by atoms with Crippen LogP contribution in [0.2, 0.25) is 0 Å².